The molecule has 0 saturated carbocycles. The molecule has 0 radical (unpaired) electrons. The van der Waals surface area contributed by atoms with Crippen LogP contribution in [0, 0.1) is 0 Å². The summed E-state index contributed by atoms with van der Waals surface area (Å²) in [6, 6.07) is 11.2. The Kier molecular flexibility index (Phi) is 4.97. The van der Waals surface area contributed by atoms with Crippen molar-refractivity contribution in [2.75, 3.05) is 28.1 Å². The molecule has 2 aromatic rings. The fourth-order valence-electron chi connectivity index (χ4n) is 2.70. The Hall–Kier alpha value is -2.89. The highest BCUT2D eigenvalue weighted by Gasteiger charge is 2.16. The van der Waals surface area contributed by atoms with Crippen LogP contribution in [0.25, 0.3) is 0 Å². The zero-order chi connectivity index (χ0) is 17.8. The summed E-state index contributed by atoms with van der Waals surface area (Å²) in [6.07, 6.45) is 0.293. The third-order valence-corrected chi connectivity index (χ3v) is 4.09. The van der Waals surface area contributed by atoms with Crippen molar-refractivity contribution < 1.29 is 23.7 Å². The second-order valence-electron chi connectivity index (χ2n) is 5.80. The van der Waals surface area contributed by atoms with E-state index in [-0.39, 0.29) is 12.7 Å². The quantitative estimate of drug-likeness (QED) is 0.807. The van der Waals surface area contributed by atoms with Gasteiger partial charge in [-0.3, -0.25) is 4.79 Å². The van der Waals surface area contributed by atoms with Gasteiger partial charge in [-0.25, -0.2) is 0 Å². The molecule has 0 bridgehead atoms. The van der Waals surface area contributed by atoms with E-state index in [4.69, 9.17) is 18.9 Å². The van der Waals surface area contributed by atoms with Crippen LogP contribution < -0.4 is 18.9 Å². The standard InChI is InChI=1S/C19H21NO5/c1-20(11-14-5-7-16-18(9-14)25-12-24-16)19(21)10-13-4-6-15(22-2)17(8-13)23-3/h4-9H,10-12H2,1-3H3. The van der Waals surface area contributed by atoms with E-state index in [0.29, 0.717) is 24.5 Å². The summed E-state index contributed by atoms with van der Waals surface area (Å²) < 4.78 is 21.2. The Morgan fingerprint density at radius 2 is 1.72 bits per heavy atom. The fraction of sp³-hybridized carbons (Fsp3) is 0.316. The zero-order valence-electron chi connectivity index (χ0n) is 14.6. The first-order chi connectivity index (χ1) is 12.1. The SMILES string of the molecule is COc1ccc(CC(=O)N(C)Cc2ccc3c(c2)OCO3)cc1OC. The first-order valence-electron chi connectivity index (χ1n) is 7.94. The zero-order valence-corrected chi connectivity index (χ0v) is 14.6. The van der Waals surface area contributed by atoms with Gasteiger partial charge < -0.3 is 23.8 Å². The third-order valence-electron chi connectivity index (χ3n) is 4.09. The van der Waals surface area contributed by atoms with Gasteiger partial charge in [-0.1, -0.05) is 12.1 Å². The van der Waals surface area contributed by atoms with Crippen molar-refractivity contribution in [2.24, 2.45) is 0 Å². The number of hydrogen-bond donors (Lipinski definition) is 0. The molecular formula is C19H21NO5. The van der Waals surface area contributed by atoms with E-state index in [1.165, 1.54) is 0 Å². The molecular weight excluding hydrogens is 322 g/mol. The van der Waals surface area contributed by atoms with Crippen molar-refractivity contribution >= 4 is 5.91 Å². The van der Waals surface area contributed by atoms with Gasteiger partial charge in [0.2, 0.25) is 12.7 Å². The molecule has 0 N–H and O–H groups in total. The Morgan fingerprint density at radius 1 is 1.00 bits per heavy atom. The van der Waals surface area contributed by atoms with Gasteiger partial charge >= 0.3 is 0 Å². The predicted octanol–water partition coefficient (Wildman–Crippen LogP) is 2.63. The van der Waals surface area contributed by atoms with Gasteiger partial charge in [0.25, 0.3) is 0 Å². The fourth-order valence-corrected chi connectivity index (χ4v) is 2.70. The number of hydrogen-bond acceptors (Lipinski definition) is 5. The number of carbonyl (C=O) groups is 1. The highest BCUT2D eigenvalue weighted by Crippen LogP contribution is 2.33. The van der Waals surface area contributed by atoms with Crippen molar-refractivity contribution in [3.8, 4) is 23.0 Å². The van der Waals surface area contributed by atoms with Gasteiger partial charge in [0.05, 0.1) is 20.6 Å². The van der Waals surface area contributed by atoms with Crippen molar-refractivity contribution in [3.05, 3.63) is 47.5 Å². The van der Waals surface area contributed by atoms with E-state index in [1.807, 2.05) is 30.3 Å². The number of nitrogens with zero attached hydrogens (tertiary/aromatic N) is 1. The van der Waals surface area contributed by atoms with Crippen LogP contribution in [-0.2, 0) is 17.8 Å². The molecule has 2 aromatic carbocycles. The Bertz CT molecular complexity index is 774. The average molecular weight is 343 g/mol. The predicted molar refractivity (Wildman–Crippen MR) is 92.3 cm³/mol. The van der Waals surface area contributed by atoms with Crippen LogP contribution in [0.4, 0.5) is 0 Å². The lowest BCUT2D eigenvalue weighted by molar-refractivity contribution is -0.129. The maximum absolute atomic E-state index is 12.5. The molecule has 0 aliphatic carbocycles. The number of amides is 1. The lowest BCUT2D eigenvalue weighted by Gasteiger charge is -2.18. The van der Waals surface area contributed by atoms with E-state index in [0.717, 1.165) is 22.6 Å². The molecule has 0 saturated heterocycles. The second-order valence-corrected chi connectivity index (χ2v) is 5.80. The van der Waals surface area contributed by atoms with E-state index < -0.39 is 0 Å². The molecule has 0 aromatic heterocycles. The number of carbonyl (C=O) groups excluding carboxylic acids is 1. The van der Waals surface area contributed by atoms with Gasteiger partial charge in [0, 0.05) is 13.6 Å². The Labute approximate surface area is 146 Å². The van der Waals surface area contributed by atoms with E-state index in [1.54, 1.807) is 32.2 Å². The van der Waals surface area contributed by atoms with E-state index in [9.17, 15) is 4.79 Å². The topological polar surface area (TPSA) is 57.2 Å². The van der Waals surface area contributed by atoms with Gasteiger partial charge in [0.1, 0.15) is 0 Å². The molecule has 25 heavy (non-hydrogen) atoms. The molecule has 1 amide bonds. The molecule has 3 rings (SSSR count). The summed E-state index contributed by atoms with van der Waals surface area (Å²) >= 11 is 0. The number of likely N-dealkylation sites (N-methyl/N-ethyl adjacent to an activating group) is 1. The minimum absolute atomic E-state index is 0.0184. The summed E-state index contributed by atoms with van der Waals surface area (Å²) in [5.74, 6) is 2.74. The number of fused-ring (bicyclic) bond motifs is 1. The van der Waals surface area contributed by atoms with Crippen LogP contribution >= 0.6 is 0 Å². The Morgan fingerprint density at radius 3 is 2.48 bits per heavy atom. The van der Waals surface area contributed by atoms with Gasteiger partial charge in [-0.05, 0) is 35.4 Å². The van der Waals surface area contributed by atoms with Crippen LogP contribution in [-0.4, -0.2) is 38.9 Å². The second kappa shape index (κ2) is 7.34. The molecule has 132 valence electrons. The molecule has 6 nitrogen and oxygen atoms in total. The summed E-state index contributed by atoms with van der Waals surface area (Å²) in [5.41, 5.74) is 1.87. The van der Waals surface area contributed by atoms with Crippen LogP contribution in [0.2, 0.25) is 0 Å². The molecule has 0 atom stereocenters. The van der Waals surface area contributed by atoms with Gasteiger partial charge in [-0.15, -0.1) is 0 Å². The maximum Gasteiger partial charge on any atom is 0.231 e. The highest BCUT2D eigenvalue weighted by atomic mass is 16.7. The van der Waals surface area contributed by atoms with E-state index >= 15 is 0 Å². The minimum Gasteiger partial charge on any atom is -0.493 e. The lowest BCUT2D eigenvalue weighted by atomic mass is 10.1. The molecule has 6 heteroatoms. The summed E-state index contributed by atoms with van der Waals surface area (Å²) in [4.78, 5) is 14.2. The van der Waals surface area contributed by atoms with Crippen molar-refractivity contribution in [1.82, 2.24) is 4.90 Å². The third kappa shape index (κ3) is 3.79. The number of ether oxygens (including phenoxy) is 4. The monoisotopic (exact) mass is 343 g/mol. The summed E-state index contributed by atoms with van der Waals surface area (Å²) in [7, 11) is 4.95. The van der Waals surface area contributed by atoms with E-state index in [2.05, 4.69) is 0 Å². The number of methoxy groups -OCH3 is 2. The lowest BCUT2D eigenvalue weighted by Crippen LogP contribution is -2.27. The van der Waals surface area contributed by atoms with Crippen molar-refractivity contribution in [1.29, 1.82) is 0 Å². The Balaban J connectivity index is 1.64. The van der Waals surface area contributed by atoms with Crippen LogP contribution in [0.1, 0.15) is 11.1 Å². The molecule has 0 fully saturated rings. The first-order valence-corrected chi connectivity index (χ1v) is 7.94. The van der Waals surface area contributed by atoms with Crippen molar-refractivity contribution in [2.45, 2.75) is 13.0 Å². The minimum atomic E-state index is 0.0184. The van der Waals surface area contributed by atoms with Gasteiger partial charge in [0.15, 0.2) is 23.0 Å². The number of benzene rings is 2. The largest absolute Gasteiger partial charge is 0.493 e. The molecule has 1 aliphatic rings. The van der Waals surface area contributed by atoms with Gasteiger partial charge in [-0.2, -0.15) is 0 Å². The molecule has 1 heterocycles. The maximum atomic E-state index is 12.5. The van der Waals surface area contributed by atoms with Crippen molar-refractivity contribution in [3.63, 3.8) is 0 Å². The summed E-state index contributed by atoms with van der Waals surface area (Å²) in [6.45, 7) is 0.746. The molecule has 0 spiro atoms. The molecule has 1 aliphatic heterocycles. The van der Waals surface area contributed by atoms with Crippen LogP contribution in [0.5, 0.6) is 23.0 Å². The normalized spacial score (nSPS) is 12.0. The number of rotatable bonds is 6. The van der Waals surface area contributed by atoms with Crippen LogP contribution in [0.15, 0.2) is 36.4 Å². The van der Waals surface area contributed by atoms with Crippen LogP contribution in [0.3, 0.4) is 0 Å². The summed E-state index contributed by atoms with van der Waals surface area (Å²) in [5, 5.41) is 0. The first kappa shape index (κ1) is 17.0. The average Bonchev–Trinajstić information content (AvgIpc) is 3.09. The highest BCUT2D eigenvalue weighted by molar-refractivity contribution is 5.78. The molecule has 0 unspecified atom stereocenters. The smallest absolute Gasteiger partial charge is 0.231 e.